The number of benzene rings is 1. The Hall–Kier alpha value is -1.07. The fourth-order valence-corrected chi connectivity index (χ4v) is 1.72. The number of rotatable bonds is 3. The third kappa shape index (κ3) is 2.49. The van der Waals surface area contributed by atoms with Gasteiger partial charge in [-0.2, -0.15) is 0 Å². The molecular formula is C10H12BrNO3. The van der Waals surface area contributed by atoms with E-state index in [2.05, 4.69) is 15.9 Å². The van der Waals surface area contributed by atoms with Gasteiger partial charge in [0.1, 0.15) is 5.75 Å². The van der Waals surface area contributed by atoms with Gasteiger partial charge in [-0.25, -0.2) is 4.79 Å². The van der Waals surface area contributed by atoms with Crippen molar-refractivity contribution in [3.63, 3.8) is 0 Å². The lowest BCUT2D eigenvalue weighted by Crippen LogP contribution is -2.10. The van der Waals surface area contributed by atoms with Crippen molar-refractivity contribution in [3.05, 3.63) is 27.7 Å². The molecule has 0 heterocycles. The fourth-order valence-electron chi connectivity index (χ4n) is 1.25. The molecule has 0 spiro atoms. The van der Waals surface area contributed by atoms with Gasteiger partial charge < -0.3 is 15.9 Å². The monoisotopic (exact) mass is 273 g/mol. The van der Waals surface area contributed by atoms with Crippen molar-refractivity contribution < 1.29 is 15.0 Å². The first-order valence-corrected chi connectivity index (χ1v) is 5.28. The van der Waals surface area contributed by atoms with Gasteiger partial charge in [0.05, 0.1) is 10.0 Å². The third-order valence-electron chi connectivity index (χ3n) is 2.18. The molecule has 1 atom stereocenters. The molecule has 5 heteroatoms. The summed E-state index contributed by atoms with van der Waals surface area (Å²) < 4.78 is 0.348. The second-order valence-corrected chi connectivity index (χ2v) is 4.07. The number of aromatic carboxylic acids is 1. The predicted octanol–water partition coefficient (Wildman–Crippen LogP) is 2.26. The largest absolute Gasteiger partial charge is 0.506 e. The molecular weight excluding hydrogens is 262 g/mol. The van der Waals surface area contributed by atoms with Crippen LogP contribution in [-0.4, -0.2) is 16.2 Å². The van der Waals surface area contributed by atoms with Crippen molar-refractivity contribution in [2.75, 3.05) is 0 Å². The van der Waals surface area contributed by atoms with Gasteiger partial charge in [-0.1, -0.05) is 6.92 Å². The summed E-state index contributed by atoms with van der Waals surface area (Å²) in [7, 11) is 0. The highest BCUT2D eigenvalue weighted by Crippen LogP contribution is 2.33. The molecule has 0 unspecified atom stereocenters. The lowest BCUT2D eigenvalue weighted by Gasteiger charge is -2.13. The van der Waals surface area contributed by atoms with Crippen molar-refractivity contribution in [2.24, 2.45) is 5.73 Å². The lowest BCUT2D eigenvalue weighted by molar-refractivity contribution is 0.0696. The van der Waals surface area contributed by atoms with Gasteiger partial charge in [0.2, 0.25) is 0 Å². The standard InChI is InChI=1S/C10H12BrNO3/c1-2-8(12)6-3-5(10(14)15)4-7(11)9(6)13/h3-4,8,13H,2,12H2,1H3,(H,14,15)/t8-/m0/s1. The quantitative estimate of drug-likeness (QED) is 0.789. The summed E-state index contributed by atoms with van der Waals surface area (Å²) in [6, 6.07) is 2.39. The topological polar surface area (TPSA) is 83.6 Å². The zero-order valence-corrected chi connectivity index (χ0v) is 9.78. The van der Waals surface area contributed by atoms with Gasteiger partial charge in [-0.3, -0.25) is 0 Å². The number of carboxylic acids is 1. The molecule has 1 rings (SSSR count). The molecule has 15 heavy (non-hydrogen) atoms. The van der Waals surface area contributed by atoms with Gasteiger partial charge in [0, 0.05) is 11.6 Å². The van der Waals surface area contributed by atoms with Crippen LogP contribution in [0.2, 0.25) is 0 Å². The molecule has 0 aliphatic rings. The minimum atomic E-state index is -1.04. The maximum absolute atomic E-state index is 10.8. The van der Waals surface area contributed by atoms with E-state index in [0.717, 1.165) is 0 Å². The van der Waals surface area contributed by atoms with E-state index >= 15 is 0 Å². The number of phenols is 1. The molecule has 0 aromatic heterocycles. The van der Waals surface area contributed by atoms with Gasteiger partial charge in [0.15, 0.2) is 0 Å². The molecule has 0 fully saturated rings. The molecule has 0 aliphatic heterocycles. The maximum Gasteiger partial charge on any atom is 0.335 e. The summed E-state index contributed by atoms with van der Waals surface area (Å²) in [6.07, 6.45) is 0.628. The first-order chi connectivity index (χ1) is 6.97. The average Bonchev–Trinajstić information content (AvgIpc) is 2.20. The number of carboxylic acid groups (broad SMARTS) is 1. The Labute approximate surface area is 95.8 Å². The van der Waals surface area contributed by atoms with Crippen molar-refractivity contribution in [1.82, 2.24) is 0 Å². The molecule has 0 bridgehead atoms. The molecule has 1 aromatic carbocycles. The van der Waals surface area contributed by atoms with E-state index in [9.17, 15) is 9.90 Å². The molecule has 0 amide bonds. The molecule has 4 N–H and O–H groups in total. The van der Waals surface area contributed by atoms with Crippen molar-refractivity contribution >= 4 is 21.9 Å². The van der Waals surface area contributed by atoms with E-state index in [1.165, 1.54) is 12.1 Å². The number of phenolic OH excluding ortho intramolecular Hbond substituents is 1. The van der Waals surface area contributed by atoms with Crippen molar-refractivity contribution in [2.45, 2.75) is 19.4 Å². The summed E-state index contributed by atoms with van der Waals surface area (Å²) in [5, 5.41) is 18.5. The summed E-state index contributed by atoms with van der Waals surface area (Å²) >= 11 is 3.09. The summed E-state index contributed by atoms with van der Waals surface area (Å²) in [5.74, 6) is -1.03. The molecule has 1 aromatic rings. The van der Waals surface area contributed by atoms with Crippen molar-refractivity contribution in [1.29, 1.82) is 0 Å². The normalized spacial score (nSPS) is 12.5. The van der Waals surface area contributed by atoms with Crippen LogP contribution in [0.1, 0.15) is 35.3 Å². The first-order valence-electron chi connectivity index (χ1n) is 4.48. The highest BCUT2D eigenvalue weighted by molar-refractivity contribution is 9.10. The Morgan fingerprint density at radius 3 is 2.67 bits per heavy atom. The van der Waals surface area contributed by atoms with Crippen LogP contribution < -0.4 is 5.73 Å². The summed E-state index contributed by atoms with van der Waals surface area (Å²) in [6.45, 7) is 1.87. The van der Waals surface area contributed by atoms with E-state index < -0.39 is 5.97 Å². The van der Waals surface area contributed by atoms with E-state index in [1.807, 2.05) is 6.92 Å². The van der Waals surface area contributed by atoms with Crippen LogP contribution in [0.4, 0.5) is 0 Å². The summed E-state index contributed by atoms with van der Waals surface area (Å²) in [5.41, 5.74) is 6.32. The molecule has 0 saturated carbocycles. The van der Waals surface area contributed by atoms with Gasteiger partial charge >= 0.3 is 5.97 Å². The molecule has 4 nitrogen and oxygen atoms in total. The maximum atomic E-state index is 10.8. The second-order valence-electron chi connectivity index (χ2n) is 3.22. The Morgan fingerprint density at radius 2 is 2.20 bits per heavy atom. The molecule has 82 valence electrons. The van der Waals surface area contributed by atoms with Crippen molar-refractivity contribution in [3.8, 4) is 5.75 Å². The Bertz CT molecular complexity index is 392. The first kappa shape index (κ1) is 12.0. The highest BCUT2D eigenvalue weighted by atomic mass is 79.9. The Balaban J connectivity index is 3.31. The van der Waals surface area contributed by atoms with E-state index in [-0.39, 0.29) is 17.4 Å². The third-order valence-corrected chi connectivity index (χ3v) is 2.78. The second kappa shape index (κ2) is 4.63. The number of aromatic hydroxyl groups is 1. The van der Waals surface area contributed by atoms with Gasteiger partial charge in [-0.05, 0) is 34.5 Å². The van der Waals surface area contributed by atoms with Crippen LogP contribution in [0.3, 0.4) is 0 Å². The zero-order valence-electron chi connectivity index (χ0n) is 8.20. The molecule has 0 radical (unpaired) electrons. The molecule has 0 aliphatic carbocycles. The number of nitrogens with two attached hydrogens (primary N) is 1. The van der Waals surface area contributed by atoms with Gasteiger partial charge in [0.25, 0.3) is 0 Å². The smallest absolute Gasteiger partial charge is 0.335 e. The number of hydrogen-bond acceptors (Lipinski definition) is 3. The van der Waals surface area contributed by atoms with Crippen LogP contribution in [0.25, 0.3) is 0 Å². The van der Waals surface area contributed by atoms with Crippen LogP contribution in [0.5, 0.6) is 5.75 Å². The highest BCUT2D eigenvalue weighted by Gasteiger charge is 2.15. The minimum Gasteiger partial charge on any atom is -0.506 e. The number of hydrogen-bond donors (Lipinski definition) is 3. The van der Waals surface area contributed by atoms with E-state index in [0.29, 0.717) is 16.5 Å². The van der Waals surface area contributed by atoms with Crippen LogP contribution >= 0.6 is 15.9 Å². The lowest BCUT2D eigenvalue weighted by atomic mass is 10.0. The fraction of sp³-hybridized carbons (Fsp3) is 0.300. The van der Waals surface area contributed by atoms with Crippen LogP contribution in [0, 0.1) is 0 Å². The Kier molecular flexibility index (Phi) is 3.71. The number of halogens is 1. The van der Waals surface area contributed by atoms with Crippen LogP contribution in [0.15, 0.2) is 16.6 Å². The van der Waals surface area contributed by atoms with E-state index in [1.54, 1.807) is 0 Å². The van der Waals surface area contributed by atoms with Crippen LogP contribution in [-0.2, 0) is 0 Å². The summed E-state index contributed by atoms with van der Waals surface area (Å²) in [4.78, 5) is 10.8. The van der Waals surface area contributed by atoms with E-state index in [4.69, 9.17) is 10.8 Å². The SMILES string of the molecule is CC[C@H](N)c1cc(C(=O)O)cc(Br)c1O. The van der Waals surface area contributed by atoms with Gasteiger partial charge in [-0.15, -0.1) is 0 Å². The molecule has 0 saturated heterocycles. The Morgan fingerprint density at radius 1 is 1.60 bits per heavy atom. The minimum absolute atomic E-state index is 0.00866. The predicted molar refractivity (Wildman–Crippen MR) is 60.0 cm³/mol. The number of carbonyl (C=O) groups is 1. The average molecular weight is 274 g/mol. The zero-order chi connectivity index (χ0) is 11.6.